The van der Waals surface area contributed by atoms with E-state index in [0.29, 0.717) is 87.0 Å². The molecule has 3 aromatic rings. The fraction of sp³-hybridized carbons (Fsp3) is 0.588. The zero-order valence-corrected chi connectivity index (χ0v) is 74.5. The van der Waals surface area contributed by atoms with Gasteiger partial charge in [0.15, 0.2) is 0 Å². The van der Waals surface area contributed by atoms with Gasteiger partial charge in [0.25, 0.3) is 0 Å². The monoisotopic (exact) mass is 1830 g/mol. The van der Waals surface area contributed by atoms with E-state index in [1.54, 1.807) is 67.0 Å². The summed E-state index contributed by atoms with van der Waals surface area (Å²) < 4.78 is 37.5. The number of hydrogen-bond donors (Lipinski definition) is 18. The fourth-order valence-electron chi connectivity index (χ4n) is 13.2. The van der Waals surface area contributed by atoms with Crippen molar-refractivity contribution in [2.75, 3.05) is 122 Å². The van der Waals surface area contributed by atoms with Crippen LogP contribution in [0.15, 0.2) is 79.1 Å². The minimum atomic E-state index is -2.96. The lowest BCUT2D eigenvalue weighted by Gasteiger charge is -2.38. The molecule has 2 aliphatic rings. The average molecular weight is 1830 g/mol. The number of urea groups is 1. The summed E-state index contributed by atoms with van der Waals surface area (Å²) in [6, 6.07) is 13.4. The molecule has 43 heteroatoms. The summed E-state index contributed by atoms with van der Waals surface area (Å²) in [5.74, 6) is -8.61. The number of aliphatic hydroxyl groups is 1. The second-order valence-electron chi connectivity index (χ2n) is 30.7. The number of carboxylic acid groups (broad SMARTS) is 1. The third-order valence-corrected chi connectivity index (χ3v) is 22.0. The molecule has 6 atom stereocenters. The number of nitrogens with two attached hydrogens (primary N) is 1. The highest BCUT2D eigenvalue weighted by Crippen LogP contribution is 2.31. The molecule has 1 saturated heterocycles. The molecule has 41 nitrogen and oxygen atoms in total. The number of hydrogen-bond acceptors (Lipinski definition) is 25. The van der Waals surface area contributed by atoms with Crippen LogP contribution in [0, 0.1) is 12.3 Å². The van der Waals surface area contributed by atoms with E-state index in [9.17, 15) is 86.7 Å². The smallest absolute Gasteiger partial charge is 0.481 e. The Morgan fingerprint density at radius 3 is 1.76 bits per heavy atom. The second kappa shape index (κ2) is 61.5. The Hall–Kier alpha value is -11.0. The van der Waals surface area contributed by atoms with Gasteiger partial charge in [0.05, 0.1) is 70.4 Å². The number of likely N-dealkylation sites (tertiary alicyclic amines) is 1. The van der Waals surface area contributed by atoms with Gasteiger partial charge in [-0.15, -0.1) is 16.7 Å². The van der Waals surface area contributed by atoms with Crippen molar-refractivity contribution in [3.05, 3.63) is 95.8 Å². The summed E-state index contributed by atoms with van der Waals surface area (Å²) in [7, 11) is -2.96. The summed E-state index contributed by atoms with van der Waals surface area (Å²) in [5, 5.41) is 62.8. The molecule has 2 fully saturated rings. The molecule has 1 saturated carbocycles. The number of ether oxygens (including phenoxy) is 4. The number of unbranched alkanes of at least 4 members (excludes halogenated alkanes) is 2. The first-order valence-corrected chi connectivity index (χ1v) is 45.4. The molecular formula is C85H127N17O24PS+. The number of carbonyl (C=O) groups excluding carboxylic acids is 14. The molecular weight excluding hydrogens is 1710 g/mol. The molecule has 0 spiro atoms. The number of primary amides is 1. The highest BCUT2D eigenvalue weighted by Gasteiger charge is 2.43. The number of nitrogens with zero attached hydrogens (tertiary/aromatic N) is 2. The van der Waals surface area contributed by atoms with E-state index in [-0.39, 0.29) is 236 Å². The van der Waals surface area contributed by atoms with Gasteiger partial charge >= 0.3 is 20.3 Å². The van der Waals surface area contributed by atoms with Gasteiger partial charge in [-0.3, -0.25) is 82.4 Å². The topological polar surface area (TPSA) is 602 Å². The Labute approximate surface area is 749 Å². The van der Waals surface area contributed by atoms with E-state index in [0.717, 1.165) is 22.4 Å². The summed E-state index contributed by atoms with van der Waals surface area (Å²) in [6.45, 7) is 5.56. The number of pyridine rings is 1. The van der Waals surface area contributed by atoms with Crippen molar-refractivity contribution in [1.29, 1.82) is 5.41 Å². The maximum Gasteiger partial charge on any atom is 0.697 e. The number of carbonyl (C=O) groups is 15. The van der Waals surface area contributed by atoms with E-state index in [2.05, 4.69) is 78.6 Å². The van der Waals surface area contributed by atoms with Crippen LogP contribution < -0.4 is 74.9 Å². The van der Waals surface area contributed by atoms with E-state index >= 15 is 0 Å². The standard InChI is InChI=1S/C85H126N17O24PS/c1-59-16-4-5-18-63(59)100-83(118)96-62-27-24-60(25-28-62)56-75(109)98-65(20-7-11-39-90-69(103)29-26-61-17-13-38-88-58-61)79(114)99-66(21-12-23-77(111)112)80(115)101-85(36-8-3-9-37-85)82(117)95-45-50-125-54-53-124-48-43-93-71(105)31-30-70(104)92-42-47-122-51-52-123-49-44-94-72(106)32-33-74(108)97-64(78(87)113)19-6-10-40-91-73(107)34-46-102-76(110)57-67(81(102)116)128-55-14-22-68(86)89-41-15-35-84(2,119)126-127(120)121/h4-5,13,16-18,24-29,38,58,64-67,119H,3,6-12,14-15,19-23,30-37,39-57H2,1-2H3,(H17-,86,87,89,90,91,92,93,94,95,96,97,98,99,100,101,103,104,105,106,107,108,109,111,112,113,114,115,117,118,120,121)/p+1/b29-26+/t64-,65-,66-,67?,84?/m0/s1. The first kappa shape index (κ1) is 108. The van der Waals surface area contributed by atoms with Crippen molar-refractivity contribution in [1.82, 2.24) is 68.4 Å². The number of amides is 15. The molecule has 0 radical (unpaired) electrons. The summed E-state index contributed by atoms with van der Waals surface area (Å²) in [4.78, 5) is 208. The molecule has 1 aromatic heterocycles. The normalized spacial score (nSPS) is 14.7. The van der Waals surface area contributed by atoms with Crippen LogP contribution in [0.4, 0.5) is 16.2 Å². The number of para-hydroxylation sites is 1. The Morgan fingerprint density at radius 2 is 1.16 bits per heavy atom. The molecule has 19 N–H and O–H groups in total. The summed E-state index contributed by atoms with van der Waals surface area (Å²) in [5.41, 5.74) is 7.40. The van der Waals surface area contributed by atoms with Crippen molar-refractivity contribution in [2.45, 2.75) is 209 Å². The molecule has 1 aliphatic carbocycles. The van der Waals surface area contributed by atoms with Crippen molar-refractivity contribution in [3.63, 3.8) is 0 Å². The van der Waals surface area contributed by atoms with Crippen molar-refractivity contribution < 1.29 is 115 Å². The Bertz CT molecular complexity index is 4130. The number of nitrogens with one attached hydrogen (secondary N) is 14. The van der Waals surface area contributed by atoms with Gasteiger partial charge in [-0.2, -0.15) is 0 Å². The number of carboxylic acids is 1. The summed E-state index contributed by atoms with van der Waals surface area (Å²) in [6.07, 6.45) is 10.7. The Balaban J connectivity index is 0.876. The van der Waals surface area contributed by atoms with Gasteiger partial charge in [-0.1, -0.05) is 60.2 Å². The van der Waals surface area contributed by atoms with E-state index in [1.165, 1.54) is 24.8 Å². The van der Waals surface area contributed by atoms with Crippen LogP contribution in [-0.2, 0) is 102 Å². The lowest BCUT2D eigenvalue weighted by Crippen LogP contribution is -2.63. The van der Waals surface area contributed by atoms with Crippen molar-refractivity contribution >= 4 is 132 Å². The van der Waals surface area contributed by atoms with Gasteiger partial charge < -0.3 is 104 Å². The zero-order valence-electron chi connectivity index (χ0n) is 72.8. The van der Waals surface area contributed by atoms with Crippen LogP contribution in [0.5, 0.6) is 0 Å². The van der Waals surface area contributed by atoms with Crippen LogP contribution in [0.25, 0.3) is 6.08 Å². The first-order valence-electron chi connectivity index (χ1n) is 43.2. The molecule has 128 heavy (non-hydrogen) atoms. The number of aryl methyl sites for hydroxylation is 1. The zero-order chi connectivity index (χ0) is 93.3. The predicted octanol–water partition coefficient (Wildman–Crippen LogP) is 2.72. The molecule has 2 aromatic carbocycles. The Kier molecular flexibility index (Phi) is 51.6. The van der Waals surface area contributed by atoms with Crippen LogP contribution in [0.2, 0.25) is 0 Å². The predicted molar refractivity (Wildman–Crippen MR) is 473 cm³/mol. The molecule has 2 heterocycles. The third kappa shape index (κ3) is 46.7. The van der Waals surface area contributed by atoms with Gasteiger partial charge in [0, 0.05) is 145 Å². The molecule has 5 rings (SSSR count). The van der Waals surface area contributed by atoms with Crippen molar-refractivity contribution in [2.24, 2.45) is 5.73 Å². The number of thioether (sulfide) groups is 1. The average Bonchev–Trinajstić information content (AvgIpc) is 1.31. The molecule has 15 amide bonds. The number of benzene rings is 2. The lowest BCUT2D eigenvalue weighted by molar-refractivity contribution is -0.139. The van der Waals surface area contributed by atoms with Crippen molar-refractivity contribution in [3.8, 4) is 0 Å². The van der Waals surface area contributed by atoms with Gasteiger partial charge in [0.2, 0.25) is 82.6 Å². The number of anilines is 2. The molecule has 0 bridgehead atoms. The first-order chi connectivity index (χ1) is 61.4. The second-order valence-corrected chi connectivity index (χ2v) is 32.7. The van der Waals surface area contributed by atoms with Gasteiger partial charge in [-0.05, 0) is 144 Å². The lowest BCUT2D eigenvalue weighted by atomic mass is 9.80. The quantitative estimate of drug-likeness (QED) is 0.00734. The van der Waals surface area contributed by atoms with E-state index in [1.807, 2.05) is 19.1 Å². The maximum absolute atomic E-state index is 14.4. The molecule has 706 valence electrons. The molecule has 3 unspecified atom stereocenters. The van der Waals surface area contributed by atoms with Crippen LogP contribution in [0.3, 0.4) is 0 Å². The van der Waals surface area contributed by atoms with Gasteiger partial charge in [0.1, 0.15) is 23.7 Å². The number of aromatic nitrogens is 1. The number of amidine groups is 1. The fourth-order valence-corrected chi connectivity index (χ4v) is 14.8. The minimum absolute atomic E-state index is 0.000138. The van der Waals surface area contributed by atoms with Gasteiger partial charge in [-0.25, -0.2) is 4.79 Å². The summed E-state index contributed by atoms with van der Waals surface area (Å²) >= 11 is 1.30. The largest absolute Gasteiger partial charge is 0.697 e. The van der Waals surface area contributed by atoms with Crippen LogP contribution in [-0.4, -0.2) is 265 Å². The SMILES string of the molecule is Cc1ccccc1NC(=O)Nc1ccc(CC(=O)N[C@@H](CCCCNC(=O)/C=C/c2cccnc2)C(=O)N[C@@H](CCCC(=O)O)C(=O)NC2(C(=O)NCCOCCOCCNC(=O)CCC(=O)NCCOCCOCCNC(=O)CCC(=O)N[C@@H](CCCCNC(=O)CCN3C(=O)CC(SCCCC(=N)NCCCC(C)(O)O[P+](=O)O)C3=O)C(N)=O)CCCCC2)cc1. The maximum atomic E-state index is 14.4. The molecule has 1 aliphatic heterocycles. The highest BCUT2D eigenvalue weighted by molar-refractivity contribution is 8.00. The van der Waals surface area contributed by atoms with E-state index in [4.69, 9.17) is 35.0 Å². The van der Waals surface area contributed by atoms with Crippen LogP contribution in [0.1, 0.15) is 178 Å². The third-order valence-electron chi connectivity index (χ3n) is 20.1. The Morgan fingerprint density at radius 1 is 0.609 bits per heavy atom. The minimum Gasteiger partial charge on any atom is -0.481 e. The highest BCUT2D eigenvalue weighted by atomic mass is 32.2. The van der Waals surface area contributed by atoms with E-state index < -0.39 is 96.3 Å². The number of imide groups is 1. The van der Waals surface area contributed by atoms with Crippen LogP contribution >= 0.6 is 20.0 Å². The number of rotatable bonds is 66. The number of aliphatic carboxylic acids is 1.